The lowest BCUT2D eigenvalue weighted by atomic mass is 10.2. The Labute approximate surface area is 197 Å². The molecule has 2 aromatic heterocycles. The van der Waals surface area contributed by atoms with Crippen molar-refractivity contribution in [2.24, 2.45) is 0 Å². The maximum atomic E-state index is 13.5. The molecule has 1 aliphatic heterocycles. The molecular weight excluding hydrogens is 454 g/mol. The van der Waals surface area contributed by atoms with Gasteiger partial charge in [0.05, 0.1) is 11.0 Å². The summed E-state index contributed by atoms with van der Waals surface area (Å²) in [5.74, 6) is 0.338. The zero-order chi connectivity index (χ0) is 23.8. The Morgan fingerprint density at radius 1 is 1.18 bits per heavy atom. The van der Waals surface area contributed by atoms with Crippen molar-refractivity contribution in [3.63, 3.8) is 0 Å². The number of sulfonamides is 1. The highest BCUT2D eigenvalue weighted by Crippen LogP contribution is 2.37. The fraction of sp³-hybridized carbons (Fsp3) is 0.458. The van der Waals surface area contributed by atoms with Gasteiger partial charge in [0, 0.05) is 39.2 Å². The second-order valence-corrected chi connectivity index (χ2v) is 17.5. The van der Waals surface area contributed by atoms with Gasteiger partial charge in [-0.15, -0.1) is 0 Å². The molecule has 1 aromatic carbocycles. The van der Waals surface area contributed by atoms with E-state index in [2.05, 4.69) is 19.6 Å². The van der Waals surface area contributed by atoms with Gasteiger partial charge in [0.15, 0.2) is 0 Å². The van der Waals surface area contributed by atoms with Gasteiger partial charge in [-0.3, -0.25) is 4.31 Å². The molecule has 1 atom stereocenters. The number of nitrogens with zero attached hydrogens (tertiary/aromatic N) is 3. The number of hydrogen-bond donors (Lipinski definition) is 0. The molecule has 1 aliphatic rings. The third-order valence-electron chi connectivity index (χ3n) is 5.84. The van der Waals surface area contributed by atoms with Gasteiger partial charge in [-0.2, -0.15) is 4.98 Å². The highest BCUT2D eigenvalue weighted by Gasteiger charge is 2.32. The van der Waals surface area contributed by atoms with E-state index in [4.69, 9.17) is 14.5 Å². The summed E-state index contributed by atoms with van der Waals surface area (Å²) >= 11 is 0. The van der Waals surface area contributed by atoms with E-state index in [0.717, 1.165) is 29.2 Å². The number of fused-ring (bicyclic) bond motifs is 2. The summed E-state index contributed by atoms with van der Waals surface area (Å²) in [6.45, 7) is 12.3. The Bertz CT molecular complexity index is 1230. The van der Waals surface area contributed by atoms with Gasteiger partial charge in [-0.25, -0.2) is 8.42 Å². The van der Waals surface area contributed by atoms with Crippen molar-refractivity contribution in [3.8, 4) is 5.88 Å². The lowest BCUT2D eigenvalue weighted by Crippen LogP contribution is -2.32. The quantitative estimate of drug-likeness (QED) is 0.345. The average molecular weight is 488 g/mol. The van der Waals surface area contributed by atoms with Crippen LogP contribution in [0.25, 0.3) is 11.0 Å². The fourth-order valence-electron chi connectivity index (χ4n) is 3.75. The molecule has 0 saturated carbocycles. The number of aryl methyl sites for hydroxylation is 1. The molecule has 0 aliphatic carbocycles. The van der Waals surface area contributed by atoms with Crippen molar-refractivity contribution in [1.29, 1.82) is 0 Å². The van der Waals surface area contributed by atoms with Crippen molar-refractivity contribution in [2.75, 3.05) is 17.5 Å². The molecule has 178 valence electrons. The second kappa shape index (κ2) is 9.12. The monoisotopic (exact) mass is 487 g/mol. The molecule has 0 saturated heterocycles. The van der Waals surface area contributed by atoms with Crippen LogP contribution in [-0.4, -0.2) is 45.3 Å². The molecule has 9 heteroatoms. The predicted octanol–water partition coefficient (Wildman–Crippen LogP) is 5.02. The van der Waals surface area contributed by atoms with E-state index >= 15 is 0 Å². The minimum atomic E-state index is -3.75. The molecule has 0 bridgehead atoms. The largest absolute Gasteiger partial charge is 0.473 e. The summed E-state index contributed by atoms with van der Waals surface area (Å²) in [6.07, 6.45) is 2.35. The Morgan fingerprint density at radius 2 is 1.91 bits per heavy atom. The van der Waals surface area contributed by atoms with Crippen LogP contribution in [0.3, 0.4) is 0 Å². The molecule has 4 rings (SSSR count). The number of rotatable bonds is 7. The first-order valence-corrected chi connectivity index (χ1v) is 16.5. The first-order chi connectivity index (χ1) is 15.5. The van der Waals surface area contributed by atoms with Crippen LogP contribution in [0.15, 0.2) is 47.5 Å². The number of ether oxygens (including phenoxy) is 2. The Kier molecular flexibility index (Phi) is 6.57. The Morgan fingerprint density at radius 3 is 2.61 bits per heavy atom. The number of anilines is 1. The average Bonchev–Trinajstić information content (AvgIpc) is 3.03. The number of benzene rings is 1. The maximum Gasteiger partial charge on any atom is 0.264 e. The number of hydrogen-bond acceptors (Lipinski definition) is 5. The topological polar surface area (TPSA) is 73.7 Å². The molecule has 1 unspecified atom stereocenters. The molecule has 7 nitrogen and oxygen atoms in total. The molecule has 0 radical (unpaired) electrons. The lowest BCUT2D eigenvalue weighted by Gasteiger charge is -2.23. The van der Waals surface area contributed by atoms with Gasteiger partial charge >= 0.3 is 0 Å². The molecule has 3 heterocycles. The van der Waals surface area contributed by atoms with Gasteiger partial charge in [0.25, 0.3) is 10.0 Å². The minimum absolute atomic E-state index is 0.150. The lowest BCUT2D eigenvalue weighted by molar-refractivity contribution is 0.0898. The third-order valence-corrected chi connectivity index (χ3v) is 9.37. The molecule has 0 amide bonds. The summed E-state index contributed by atoms with van der Waals surface area (Å²) < 4.78 is 42.4. The van der Waals surface area contributed by atoms with Gasteiger partial charge in [0.2, 0.25) is 5.88 Å². The summed E-state index contributed by atoms with van der Waals surface area (Å²) in [4.78, 5) is 5.01. The van der Waals surface area contributed by atoms with Crippen LogP contribution in [0.1, 0.15) is 18.9 Å². The summed E-state index contributed by atoms with van der Waals surface area (Å²) in [6, 6.07) is 11.8. The molecule has 0 spiro atoms. The van der Waals surface area contributed by atoms with Crippen molar-refractivity contribution < 1.29 is 17.9 Å². The number of aromatic nitrogens is 2. The van der Waals surface area contributed by atoms with Crippen LogP contribution >= 0.6 is 0 Å². The van der Waals surface area contributed by atoms with Crippen LogP contribution in [-0.2, 0) is 21.5 Å². The summed E-state index contributed by atoms with van der Waals surface area (Å²) in [5, 5.41) is 0.852. The highest BCUT2D eigenvalue weighted by atomic mass is 32.2. The Balaban J connectivity index is 1.68. The molecule has 3 aromatic rings. The first kappa shape index (κ1) is 23.8. The van der Waals surface area contributed by atoms with E-state index in [1.165, 1.54) is 4.31 Å². The van der Waals surface area contributed by atoms with Crippen molar-refractivity contribution in [3.05, 3.63) is 48.2 Å². The molecule has 0 N–H and O–H groups in total. The standard InChI is InChI=1S/C24H33N3O4SSi/c1-18-6-8-21(9-7-18)32(28,29)27-13-10-19(2)31-24-22(27)16-20-11-12-26(23(20)25-24)17-30-14-15-33(3,4)5/h6-9,11-12,16,19H,10,13-15,17H2,1-5H3. The summed E-state index contributed by atoms with van der Waals surface area (Å²) in [5.41, 5.74) is 2.22. The van der Waals surface area contributed by atoms with Crippen LogP contribution in [0.2, 0.25) is 25.7 Å². The predicted molar refractivity (Wildman–Crippen MR) is 134 cm³/mol. The summed E-state index contributed by atoms with van der Waals surface area (Å²) in [7, 11) is -4.90. The molecular formula is C24H33N3O4SSi. The zero-order valence-corrected chi connectivity index (χ0v) is 21.9. The van der Waals surface area contributed by atoms with E-state index < -0.39 is 18.1 Å². The van der Waals surface area contributed by atoms with Gasteiger partial charge < -0.3 is 14.0 Å². The second-order valence-electron chi connectivity index (χ2n) is 9.97. The fourth-order valence-corrected chi connectivity index (χ4v) is 5.98. The van der Waals surface area contributed by atoms with Crippen LogP contribution < -0.4 is 9.04 Å². The highest BCUT2D eigenvalue weighted by molar-refractivity contribution is 7.92. The van der Waals surface area contributed by atoms with Crippen LogP contribution in [0, 0.1) is 6.92 Å². The molecule has 0 fully saturated rings. The van der Waals surface area contributed by atoms with Crippen molar-refractivity contribution >= 4 is 34.8 Å². The van der Waals surface area contributed by atoms with Crippen molar-refractivity contribution in [2.45, 2.75) is 63.7 Å². The van der Waals surface area contributed by atoms with E-state index in [9.17, 15) is 8.42 Å². The minimum Gasteiger partial charge on any atom is -0.473 e. The third kappa shape index (κ3) is 5.25. The van der Waals surface area contributed by atoms with Gasteiger partial charge in [-0.1, -0.05) is 37.3 Å². The van der Waals surface area contributed by atoms with E-state index in [1.807, 2.05) is 48.9 Å². The maximum absolute atomic E-state index is 13.5. The normalized spacial score (nSPS) is 17.0. The van der Waals surface area contributed by atoms with Crippen molar-refractivity contribution in [1.82, 2.24) is 9.55 Å². The van der Waals surface area contributed by atoms with E-state index in [1.54, 1.807) is 12.1 Å². The zero-order valence-electron chi connectivity index (χ0n) is 20.0. The van der Waals surface area contributed by atoms with Gasteiger partial charge in [-0.05, 0) is 44.2 Å². The van der Waals surface area contributed by atoms with E-state index in [0.29, 0.717) is 31.3 Å². The van der Waals surface area contributed by atoms with E-state index in [-0.39, 0.29) is 11.0 Å². The molecule has 33 heavy (non-hydrogen) atoms. The SMILES string of the molecule is Cc1ccc(S(=O)(=O)N2CCC(C)Oc3nc4c(ccn4COCC[Si](C)(C)C)cc32)cc1. The number of pyridine rings is 1. The first-order valence-electron chi connectivity index (χ1n) is 11.4. The van der Waals surface area contributed by atoms with Crippen LogP contribution in [0.4, 0.5) is 5.69 Å². The smallest absolute Gasteiger partial charge is 0.264 e. The Hall–Kier alpha value is -2.36. The van der Waals surface area contributed by atoms with Crippen LogP contribution in [0.5, 0.6) is 5.88 Å². The van der Waals surface area contributed by atoms with Gasteiger partial charge in [0.1, 0.15) is 18.1 Å².